The molecule has 32 heavy (non-hydrogen) atoms. The number of carbonyl (C=O) groups is 3. The van der Waals surface area contributed by atoms with E-state index in [1.807, 2.05) is 6.07 Å². The van der Waals surface area contributed by atoms with Gasteiger partial charge in [0.15, 0.2) is 5.75 Å². The minimum atomic E-state index is -0.576. The van der Waals surface area contributed by atoms with E-state index in [0.29, 0.717) is 25.8 Å². The fourth-order valence-electron chi connectivity index (χ4n) is 3.00. The molecule has 6 nitrogen and oxygen atoms in total. The van der Waals surface area contributed by atoms with Gasteiger partial charge in [-0.15, -0.1) is 0 Å². The topological polar surface area (TPSA) is 75.7 Å². The molecule has 4 rings (SSSR count). The number of carbonyl (C=O) groups excluding carboxylic acids is 3. The van der Waals surface area contributed by atoms with Crippen molar-refractivity contribution in [1.29, 1.82) is 0 Å². The van der Waals surface area contributed by atoms with Crippen LogP contribution in [0, 0.1) is 0 Å². The second kappa shape index (κ2) is 9.40. The van der Waals surface area contributed by atoms with Gasteiger partial charge in [0.05, 0.1) is 15.7 Å². The Hall–Kier alpha value is -2.75. The van der Waals surface area contributed by atoms with E-state index in [1.165, 1.54) is 11.1 Å². The van der Waals surface area contributed by atoms with E-state index in [4.69, 9.17) is 4.74 Å². The zero-order valence-corrected chi connectivity index (χ0v) is 20.9. The Kier molecular flexibility index (Phi) is 6.59. The highest BCUT2D eigenvalue weighted by molar-refractivity contribution is 9.11. The normalized spacial score (nSPS) is 14.6. The number of nitrogens with zero attached hydrogens (tertiary/aromatic N) is 1. The number of rotatable bonds is 4. The number of halogens is 3. The van der Waals surface area contributed by atoms with Gasteiger partial charge in [0, 0.05) is 14.5 Å². The molecule has 0 aliphatic carbocycles. The zero-order valence-electron chi connectivity index (χ0n) is 16.1. The first-order chi connectivity index (χ1) is 15.3. The summed E-state index contributed by atoms with van der Waals surface area (Å²) in [6.07, 6.45) is 1.40. The van der Waals surface area contributed by atoms with E-state index in [-0.39, 0.29) is 11.3 Å². The largest absolute Gasteiger partial charge is 0.421 e. The lowest BCUT2D eigenvalue weighted by Crippen LogP contribution is -2.35. The van der Waals surface area contributed by atoms with Gasteiger partial charge >= 0.3 is 5.97 Å². The molecule has 1 fully saturated rings. The van der Waals surface area contributed by atoms with Crippen molar-refractivity contribution in [1.82, 2.24) is 5.43 Å². The molecule has 0 bridgehead atoms. The SMILES string of the molecule is O=C1NN(c2ccccc2)C(=O)/C1=C/c1cc(Br)cc(Br)c1OC(=O)c1ccc(Br)cc1. The molecule has 0 unspecified atom stereocenters. The van der Waals surface area contributed by atoms with E-state index in [2.05, 4.69) is 53.2 Å². The van der Waals surface area contributed by atoms with Crippen LogP contribution in [0.3, 0.4) is 0 Å². The maximum atomic E-state index is 12.9. The third-order valence-corrected chi connectivity index (χ3v) is 6.09. The second-order valence-corrected chi connectivity index (χ2v) is 9.36. The molecule has 160 valence electrons. The predicted octanol–water partition coefficient (Wildman–Crippen LogP) is 5.65. The van der Waals surface area contributed by atoms with Crippen molar-refractivity contribution in [2.24, 2.45) is 0 Å². The first-order valence-electron chi connectivity index (χ1n) is 9.22. The molecule has 0 atom stereocenters. The van der Waals surface area contributed by atoms with Crippen molar-refractivity contribution in [2.45, 2.75) is 0 Å². The average molecular weight is 621 g/mol. The van der Waals surface area contributed by atoms with Crippen molar-refractivity contribution < 1.29 is 19.1 Å². The highest BCUT2D eigenvalue weighted by Gasteiger charge is 2.34. The maximum Gasteiger partial charge on any atom is 0.343 e. The molecular formula is C23H13Br3N2O4. The predicted molar refractivity (Wildman–Crippen MR) is 131 cm³/mol. The summed E-state index contributed by atoms with van der Waals surface area (Å²) < 4.78 is 7.61. The molecule has 0 aromatic heterocycles. The van der Waals surface area contributed by atoms with Crippen molar-refractivity contribution in [2.75, 3.05) is 5.01 Å². The Labute approximate surface area is 208 Å². The van der Waals surface area contributed by atoms with Crippen molar-refractivity contribution in [3.05, 3.63) is 96.8 Å². The molecule has 3 aromatic carbocycles. The van der Waals surface area contributed by atoms with Gasteiger partial charge in [0.25, 0.3) is 11.8 Å². The van der Waals surface area contributed by atoms with Gasteiger partial charge in [-0.05, 0) is 70.5 Å². The summed E-state index contributed by atoms with van der Waals surface area (Å²) in [5.74, 6) is -1.46. The number of nitrogens with one attached hydrogen (secondary N) is 1. The summed E-state index contributed by atoms with van der Waals surface area (Å²) in [5, 5.41) is 1.18. The van der Waals surface area contributed by atoms with Crippen LogP contribution in [0.15, 0.2) is 85.7 Å². The molecular weight excluding hydrogens is 608 g/mol. The number of amides is 2. The lowest BCUT2D eigenvalue weighted by molar-refractivity contribution is -0.117. The number of benzene rings is 3. The summed E-state index contributed by atoms with van der Waals surface area (Å²) in [7, 11) is 0. The van der Waals surface area contributed by atoms with Crippen LogP contribution < -0.4 is 15.2 Å². The van der Waals surface area contributed by atoms with Gasteiger partial charge in [-0.25, -0.2) is 9.80 Å². The van der Waals surface area contributed by atoms with Crippen molar-refractivity contribution in [3.63, 3.8) is 0 Å². The molecule has 1 aliphatic rings. The Bertz CT molecular complexity index is 1260. The minimum absolute atomic E-state index is 0.0835. The van der Waals surface area contributed by atoms with Crippen LogP contribution in [0.1, 0.15) is 15.9 Å². The fraction of sp³-hybridized carbons (Fsp3) is 0. The molecule has 1 N–H and O–H groups in total. The molecule has 0 spiro atoms. The fourth-order valence-corrected chi connectivity index (χ4v) is 4.61. The quantitative estimate of drug-likeness (QED) is 0.177. The number of hydrogen-bond acceptors (Lipinski definition) is 4. The van der Waals surface area contributed by atoms with Gasteiger partial charge in [-0.1, -0.05) is 50.1 Å². The third kappa shape index (κ3) is 4.69. The van der Waals surface area contributed by atoms with Gasteiger partial charge < -0.3 is 4.74 Å². The number of esters is 1. The van der Waals surface area contributed by atoms with Gasteiger partial charge in [-0.3, -0.25) is 15.0 Å². The number of ether oxygens (including phenoxy) is 1. The first-order valence-corrected chi connectivity index (χ1v) is 11.6. The summed E-state index contributed by atoms with van der Waals surface area (Å²) >= 11 is 10.1. The molecule has 0 saturated carbocycles. The lowest BCUT2D eigenvalue weighted by Gasteiger charge is -2.14. The Morgan fingerprint density at radius 2 is 1.59 bits per heavy atom. The van der Waals surface area contributed by atoms with E-state index in [9.17, 15) is 14.4 Å². The maximum absolute atomic E-state index is 12.9. The monoisotopic (exact) mass is 618 g/mol. The summed E-state index contributed by atoms with van der Waals surface area (Å²) in [4.78, 5) is 38.1. The molecule has 2 amide bonds. The van der Waals surface area contributed by atoms with Crippen LogP contribution in [0.25, 0.3) is 6.08 Å². The zero-order chi connectivity index (χ0) is 22.8. The molecule has 1 aliphatic heterocycles. The van der Waals surface area contributed by atoms with Gasteiger partial charge in [0.2, 0.25) is 0 Å². The standard InChI is InChI=1S/C23H13Br3N2O4/c24-15-8-6-13(7-9-15)23(31)32-20-14(10-16(25)12-19(20)26)11-18-21(29)27-28(22(18)30)17-4-2-1-3-5-17/h1-12H,(H,27,29)/b18-11+. The van der Waals surface area contributed by atoms with Crippen molar-refractivity contribution >= 4 is 77.3 Å². The Balaban J connectivity index is 1.70. The van der Waals surface area contributed by atoms with Crippen LogP contribution in [0.2, 0.25) is 0 Å². The minimum Gasteiger partial charge on any atom is -0.421 e. The van der Waals surface area contributed by atoms with Crippen LogP contribution in [-0.4, -0.2) is 17.8 Å². The van der Waals surface area contributed by atoms with E-state index in [0.717, 1.165) is 4.47 Å². The Morgan fingerprint density at radius 3 is 2.28 bits per heavy atom. The van der Waals surface area contributed by atoms with Gasteiger partial charge in [-0.2, -0.15) is 0 Å². The molecule has 1 heterocycles. The number of hydrogen-bond donors (Lipinski definition) is 1. The van der Waals surface area contributed by atoms with Crippen LogP contribution in [-0.2, 0) is 9.59 Å². The van der Waals surface area contributed by atoms with Crippen LogP contribution >= 0.6 is 47.8 Å². The molecule has 1 saturated heterocycles. The van der Waals surface area contributed by atoms with Gasteiger partial charge in [0.1, 0.15) is 5.57 Å². The van der Waals surface area contributed by atoms with Crippen LogP contribution in [0.4, 0.5) is 5.69 Å². The Morgan fingerprint density at radius 1 is 0.906 bits per heavy atom. The molecule has 9 heteroatoms. The molecule has 3 aromatic rings. The first kappa shape index (κ1) is 22.4. The van der Waals surface area contributed by atoms with Crippen LogP contribution in [0.5, 0.6) is 5.75 Å². The second-order valence-electron chi connectivity index (χ2n) is 6.68. The lowest BCUT2D eigenvalue weighted by atomic mass is 10.1. The summed E-state index contributed by atoms with van der Waals surface area (Å²) in [6.45, 7) is 0. The number of hydrazine groups is 1. The average Bonchev–Trinajstić information content (AvgIpc) is 3.05. The summed E-state index contributed by atoms with van der Waals surface area (Å²) in [5.41, 5.74) is 3.74. The van der Waals surface area contributed by atoms with E-state index in [1.54, 1.807) is 60.7 Å². The number of anilines is 1. The number of para-hydroxylation sites is 1. The third-order valence-electron chi connectivity index (χ3n) is 4.52. The highest BCUT2D eigenvalue weighted by Crippen LogP contribution is 2.35. The van der Waals surface area contributed by atoms with E-state index < -0.39 is 17.8 Å². The smallest absolute Gasteiger partial charge is 0.343 e. The summed E-state index contributed by atoms with van der Waals surface area (Å²) in [6, 6.07) is 18.9. The highest BCUT2D eigenvalue weighted by atomic mass is 79.9. The molecule has 0 radical (unpaired) electrons. The van der Waals surface area contributed by atoms with Crippen molar-refractivity contribution in [3.8, 4) is 5.75 Å². The van der Waals surface area contributed by atoms with E-state index >= 15 is 0 Å².